The lowest BCUT2D eigenvalue weighted by Gasteiger charge is -2.16. The molecule has 1 fully saturated rings. The van der Waals surface area contributed by atoms with Crippen molar-refractivity contribution in [3.63, 3.8) is 0 Å². The number of fused-ring (bicyclic) bond motifs is 1. The highest BCUT2D eigenvalue weighted by Crippen LogP contribution is 2.31. The van der Waals surface area contributed by atoms with Gasteiger partial charge in [-0.1, -0.05) is 11.6 Å². The lowest BCUT2D eigenvalue weighted by atomic mass is 10.2. The number of ether oxygens (including phenoxy) is 1. The normalized spacial score (nSPS) is 14.7. The molecule has 2 aromatic rings. The molecular formula is C16H15ClF2N2O2. The molecule has 23 heavy (non-hydrogen) atoms. The predicted octanol–water partition coefficient (Wildman–Crippen LogP) is 3.83. The second-order valence-electron chi connectivity index (χ2n) is 5.38. The van der Waals surface area contributed by atoms with E-state index in [1.807, 2.05) is 0 Å². The van der Waals surface area contributed by atoms with Crippen LogP contribution in [0, 0.1) is 0 Å². The van der Waals surface area contributed by atoms with Crippen LogP contribution in [-0.2, 0) is 4.79 Å². The van der Waals surface area contributed by atoms with Gasteiger partial charge in [-0.3, -0.25) is 4.79 Å². The summed E-state index contributed by atoms with van der Waals surface area (Å²) < 4.78 is 31.5. The fraction of sp³-hybridized carbons (Fsp3) is 0.375. The van der Waals surface area contributed by atoms with Crippen molar-refractivity contribution in [2.45, 2.75) is 19.3 Å². The van der Waals surface area contributed by atoms with E-state index in [0.29, 0.717) is 29.0 Å². The summed E-state index contributed by atoms with van der Waals surface area (Å²) in [4.78, 5) is 17.7. The molecule has 1 aromatic heterocycles. The summed E-state index contributed by atoms with van der Waals surface area (Å²) in [7, 11) is 0. The number of carbonyl (C=O) groups excluding carboxylic acids is 1. The molecule has 0 N–H and O–H groups in total. The molecule has 1 amide bonds. The molecular weight excluding hydrogens is 326 g/mol. The van der Waals surface area contributed by atoms with Crippen molar-refractivity contribution in [1.82, 2.24) is 9.88 Å². The molecule has 1 saturated heterocycles. The highest BCUT2D eigenvalue weighted by atomic mass is 35.5. The molecule has 1 aromatic carbocycles. The molecule has 0 bridgehead atoms. The number of hydrogen-bond acceptors (Lipinski definition) is 3. The molecule has 1 aliphatic heterocycles. The summed E-state index contributed by atoms with van der Waals surface area (Å²) in [6, 6.07) is 5.89. The lowest BCUT2D eigenvalue weighted by Crippen LogP contribution is -2.32. The van der Waals surface area contributed by atoms with E-state index >= 15 is 0 Å². The number of aromatic nitrogens is 1. The van der Waals surface area contributed by atoms with E-state index in [9.17, 15) is 13.6 Å². The summed E-state index contributed by atoms with van der Waals surface area (Å²) >= 11 is 5.95. The summed E-state index contributed by atoms with van der Waals surface area (Å²) in [6.07, 6.45) is -0.754. The molecule has 4 nitrogen and oxygen atoms in total. The van der Waals surface area contributed by atoms with Crippen LogP contribution in [0.3, 0.4) is 0 Å². The number of hydrogen-bond donors (Lipinski definition) is 0. The Balaban J connectivity index is 1.88. The van der Waals surface area contributed by atoms with Crippen LogP contribution in [0.4, 0.5) is 8.78 Å². The monoisotopic (exact) mass is 340 g/mol. The quantitative estimate of drug-likeness (QED) is 0.849. The van der Waals surface area contributed by atoms with E-state index in [1.54, 1.807) is 23.1 Å². The van der Waals surface area contributed by atoms with Gasteiger partial charge in [0.1, 0.15) is 11.4 Å². The molecule has 3 rings (SSSR count). The van der Waals surface area contributed by atoms with E-state index in [2.05, 4.69) is 4.98 Å². The molecule has 0 spiro atoms. The minimum atomic E-state index is -2.72. The van der Waals surface area contributed by atoms with E-state index in [1.165, 1.54) is 6.07 Å². The number of benzene rings is 1. The molecule has 122 valence electrons. The van der Waals surface area contributed by atoms with Crippen LogP contribution < -0.4 is 4.74 Å². The Morgan fingerprint density at radius 3 is 2.74 bits per heavy atom. The smallest absolute Gasteiger partial charge is 0.280 e. The largest absolute Gasteiger partial charge is 0.483 e. The number of carbonyl (C=O) groups is 1. The molecule has 0 aliphatic carbocycles. The maximum Gasteiger partial charge on any atom is 0.280 e. The van der Waals surface area contributed by atoms with Gasteiger partial charge in [0, 0.05) is 29.6 Å². The van der Waals surface area contributed by atoms with Crippen molar-refractivity contribution >= 4 is 28.4 Å². The lowest BCUT2D eigenvalue weighted by molar-refractivity contribution is -0.132. The van der Waals surface area contributed by atoms with Gasteiger partial charge in [0.2, 0.25) is 0 Å². The highest BCUT2D eigenvalue weighted by molar-refractivity contribution is 6.31. The zero-order chi connectivity index (χ0) is 16.4. The van der Waals surface area contributed by atoms with Crippen LogP contribution in [0.5, 0.6) is 5.75 Å². The first-order valence-corrected chi connectivity index (χ1v) is 7.71. The number of halogens is 3. The molecule has 0 unspecified atom stereocenters. The predicted molar refractivity (Wildman–Crippen MR) is 83.0 cm³/mol. The van der Waals surface area contributed by atoms with Gasteiger partial charge in [-0.2, -0.15) is 0 Å². The van der Waals surface area contributed by atoms with E-state index in [-0.39, 0.29) is 24.0 Å². The summed E-state index contributed by atoms with van der Waals surface area (Å²) in [5, 5.41) is 0.955. The molecule has 0 saturated carbocycles. The average Bonchev–Trinajstić information content (AvgIpc) is 3.06. The number of pyridine rings is 1. The summed E-state index contributed by atoms with van der Waals surface area (Å²) in [5.41, 5.74) is -0.0285. The zero-order valence-electron chi connectivity index (χ0n) is 12.3. The van der Waals surface area contributed by atoms with Gasteiger partial charge in [-0.15, -0.1) is 0 Å². The molecule has 1 aliphatic rings. The van der Waals surface area contributed by atoms with Gasteiger partial charge in [0.25, 0.3) is 12.3 Å². The number of amides is 1. The number of likely N-dealkylation sites (tertiary alicyclic amines) is 1. The van der Waals surface area contributed by atoms with Crippen LogP contribution in [0.2, 0.25) is 5.02 Å². The standard InChI is InChI=1S/C16H15ClF2N2O2/c17-10-3-4-12-11(7-10)14(8-13(20-12)16(18)19)23-9-15(22)21-5-1-2-6-21/h3-4,7-8,16H,1-2,5-6,9H2. The van der Waals surface area contributed by atoms with Crippen LogP contribution in [-0.4, -0.2) is 35.5 Å². The summed E-state index contributed by atoms with van der Waals surface area (Å²) in [5.74, 6) is 0.0495. The van der Waals surface area contributed by atoms with Crippen molar-refractivity contribution < 1.29 is 18.3 Å². The van der Waals surface area contributed by atoms with Crippen LogP contribution in [0.25, 0.3) is 10.9 Å². The first-order chi connectivity index (χ1) is 11.0. The third-order valence-corrected chi connectivity index (χ3v) is 4.02. The topological polar surface area (TPSA) is 42.4 Å². The zero-order valence-corrected chi connectivity index (χ0v) is 13.0. The van der Waals surface area contributed by atoms with Gasteiger partial charge in [0.05, 0.1) is 5.52 Å². The number of nitrogens with zero attached hydrogens (tertiary/aromatic N) is 2. The number of alkyl halides is 2. The van der Waals surface area contributed by atoms with E-state index in [0.717, 1.165) is 12.8 Å². The Kier molecular flexibility index (Phi) is 4.61. The fourth-order valence-corrected chi connectivity index (χ4v) is 2.79. The Morgan fingerprint density at radius 1 is 1.30 bits per heavy atom. The van der Waals surface area contributed by atoms with Crippen molar-refractivity contribution in [3.05, 3.63) is 35.0 Å². The maximum atomic E-state index is 13.0. The molecule has 2 heterocycles. The van der Waals surface area contributed by atoms with E-state index < -0.39 is 6.43 Å². The first kappa shape index (κ1) is 15.9. The average molecular weight is 341 g/mol. The summed E-state index contributed by atoms with van der Waals surface area (Å²) in [6.45, 7) is 1.25. The molecule has 7 heteroatoms. The Labute approximate surface area is 137 Å². The Hall–Kier alpha value is -1.95. The third-order valence-electron chi connectivity index (χ3n) is 3.79. The van der Waals surface area contributed by atoms with Gasteiger partial charge in [0.15, 0.2) is 6.61 Å². The third kappa shape index (κ3) is 3.52. The maximum absolute atomic E-state index is 13.0. The minimum absolute atomic E-state index is 0.145. The Bertz CT molecular complexity index is 733. The SMILES string of the molecule is O=C(COc1cc(C(F)F)nc2ccc(Cl)cc12)N1CCCC1. The second-order valence-corrected chi connectivity index (χ2v) is 5.82. The van der Waals surface area contributed by atoms with Crippen LogP contribution >= 0.6 is 11.6 Å². The van der Waals surface area contributed by atoms with Crippen molar-refractivity contribution in [1.29, 1.82) is 0 Å². The van der Waals surface area contributed by atoms with Gasteiger partial charge in [-0.25, -0.2) is 13.8 Å². The second kappa shape index (κ2) is 6.66. The highest BCUT2D eigenvalue weighted by Gasteiger charge is 2.20. The molecule has 0 atom stereocenters. The van der Waals surface area contributed by atoms with Crippen molar-refractivity contribution in [2.24, 2.45) is 0 Å². The molecule has 0 radical (unpaired) electrons. The van der Waals surface area contributed by atoms with Gasteiger partial charge >= 0.3 is 0 Å². The number of rotatable bonds is 4. The van der Waals surface area contributed by atoms with Gasteiger partial charge in [-0.05, 0) is 31.0 Å². The minimum Gasteiger partial charge on any atom is -0.483 e. The fourth-order valence-electron chi connectivity index (χ4n) is 2.62. The van der Waals surface area contributed by atoms with E-state index in [4.69, 9.17) is 16.3 Å². The Morgan fingerprint density at radius 2 is 2.04 bits per heavy atom. The van der Waals surface area contributed by atoms with Gasteiger partial charge < -0.3 is 9.64 Å². The van der Waals surface area contributed by atoms with Crippen molar-refractivity contribution in [3.8, 4) is 5.75 Å². The first-order valence-electron chi connectivity index (χ1n) is 7.33. The van der Waals surface area contributed by atoms with Crippen LogP contribution in [0.1, 0.15) is 25.0 Å². The van der Waals surface area contributed by atoms with Crippen LogP contribution in [0.15, 0.2) is 24.3 Å². The van der Waals surface area contributed by atoms with Crippen molar-refractivity contribution in [2.75, 3.05) is 19.7 Å².